The Labute approximate surface area is 157 Å². The van der Waals surface area contributed by atoms with Crippen LogP contribution in [0, 0.1) is 0 Å². The zero-order valence-corrected chi connectivity index (χ0v) is 16.8. The molecule has 0 radical (unpaired) electrons. The second-order valence-corrected chi connectivity index (χ2v) is 8.22. The first-order valence-electron chi connectivity index (χ1n) is 8.41. The minimum Gasteiger partial charge on any atom is -0.444 e. The van der Waals surface area contributed by atoms with Crippen molar-refractivity contribution in [3.05, 3.63) is 28.7 Å². The van der Waals surface area contributed by atoms with Crippen molar-refractivity contribution in [1.29, 1.82) is 0 Å². The van der Waals surface area contributed by atoms with Crippen LogP contribution in [0.5, 0.6) is 0 Å². The van der Waals surface area contributed by atoms with Gasteiger partial charge in [-0.3, -0.25) is 9.69 Å². The summed E-state index contributed by atoms with van der Waals surface area (Å²) >= 11 is 3.37. The molecule has 7 heteroatoms. The number of nitrogens with one attached hydrogen (secondary N) is 1. The van der Waals surface area contributed by atoms with E-state index in [9.17, 15) is 9.59 Å². The van der Waals surface area contributed by atoms with Crippen LogP contribution in [-0.2, 0) is 9.53 Å². The van der Waals surface area contributed by atoms with Gasteiger partial charge in [-0.2, -0.15) is 0 Å². The van der Waals surface area contributed by atoms with Gasteiger partial charge < -0.3 is 15.0 Å². The van der Waals surface area contributed by atoms with Gasteiger partial charge in [-0.1, -0.05) is 15.9 Å². The monoisotopic (exact) mass is 411 g/mol. The van der Waals surface area contributed by atoms with Crippen LogP contribution in [0.15, 0.2) is 28.7 Å². The Balaban J connectivity index is 1.83. The number of piperazine rings is 1. The Kier molecular flexibility index (Phi) is 6.46. The standard InChI is InChI=1S/C18H26BrN3O3/c1-13-11-22(17(24)25-18(2,3)4)10-9-21(13)12-16(23)20-15-7-5-14(19)6-8-15/h5-8,13H,9-12H2,1-4H3,(H,20,23). The topological polar surface area (TPSA) is 61.9 Å². The number of rotatable bonds is 3. The van der Waals surface area contributed by atoms with Crippen LogP contribution in [0.3, 0.4) is 0 Å². The lowest BCUT2D eigenvalue weighted by molar-refractivity contribution is -0.118. The van der Waals surface area contributed by atoms with E-state index >= 15 is 0 Å². The number of hydrogen-bond acceptors (Lipinski definition) is 4. The van der Waals surface area contributed by atoms with E-state index in [1.807, 2.05) is 52.0 Å². The summed E-state index contributed by atoms with van der Waals surface area (Å²) in [7, 11) is 0. The molecule has 1 N–H and O–H groups in total. The number of carbonyl (C=O) groups is 2. The quantitative estimate of drug-likeness (QED) is 0.828. The number of amides is 2. The maximum atomic E-state index is 12.2. The van der Waals surface area contributed by atoms with Gasteiger partial charge >= 0.3 is 6.09 Å². The van der Waals surface area contributed by atoms with Crippen molar-refractivity contribution >= 4 is 33.6 Å². The number of halogens is 1. The molecule has 0 spiro atoms. The summed E-state index contributed by atoms with van der Waals surface area (Å²) in [5, 5.41) is 2.90. The second-order valence-electron chi connectivity index (χ2n) is 7.30. The highest BCUT2D eigenvalue weighted by molar-refractivity contribution is 9.10. The van der Waals surface area contributed by atoms with Crippen molar-refractivity contribution in [2.45, 2.75) is 39.3 Å². The molecule has 0 aliphatic carbocycles. The Hall–Kier alpha value is -1.60. The van der Waals surface area contributed by atoms with Crippen molar-refractivity contribution in [1.82, 2.24) is 9.80 Å². The average Bonchev–Trinajstić information content (AvgIpc) is 2.50. The highest BCUT2D eigenvalue weighted by Gasteiger charge is 2.30. The molecule has 6 nitrogen and oxygen atoms in total. The van der Waals surface area contributed by atoms with Gasteiger partial charge in [0.25, 0.3) is 0 Å². The predicted octanol–water partition coefficient (Wildman–Crippen LogP) is 3.33. The van der Waals surface area contributed by atoms with Crippen LogP contribution >= 0.6 is 15.9 Å². The van der Waals surface area contributed by atoms with Gasteiger partial charge in [0.1, 0.15) is 5.60 Å². The van der Waals surface area contributed by atoms with Crippen molar-refractivity contribution in [3.8, 4) is 0 Å². The molecule has 1 aliphatic rings. The molecule has 1 saturated heterocycles. The fourth-order valence-corrected chi connectivity index (χ4v) is 2.90. The smallest absolute Gasteiger partial charge is 0.410 e. The zero-order valence-electron chi connectivity index (χ0n) is 15.2. The van der Waals surface area contributed by atoms with E-state index < -0.39 is 5.60 Å². The lowest BCUT2D eigenvalue weighted by atomic mass is 10.2. The van der Waals surface area contributed by atoms with Crippen LogP contribution in [0.2, 0.25) is 0 Å². The van der Waals surface area contributed by atoms with Crippen LogP contribution in [0.25, 0.3) is 0 Å². The summed E-state index contributed by atoms with van der Waals surface area (Å²) in [6.45, 7) is 9.66. The predicted molar refractivity (Wildman–Crippen MR) is 102 cm³/mol. The van der Waals surface area contributed by atoms with E-state index in [-0.39, 0.29) is 18.0 Å². The molecular weight excluding hydrogens is 386 g/mol. The maximum absolute atomic E-state index is 12.2. The summed E-state index contributed by atoms with van der Waals surface area (Å²) in [5.41, 5.74) is 0.274. The van der Waals surface area contributed by atoms with E-state index in [0.717, 1.165) is 10.2 Å². The van der Waals surface area contributed by atoms with Crippen LogP contribution < -0.4 is 5.32 Å². The third-order valence-corrected chi connectivity index (χ3v) is 4.42. The highest BCUT2D eigenvalue weighted by Crippen LogP contribution is 2.16. The molecule has 2 amide bonds. The van der Waals surface area contributed by atoms with Gasteiger partial charge in [0.05, 0.1) is 6.54 Å². The van der Waals surface area contributed by atoms with Gasteiger partial charge in [-0.15, -0.1) is 0 Å². The molecule has 1 atom stereocenters. The number of benzene rings is 1. The van der Waals surface area contributed by atoms with E-state index in [0.29, 0.717) is 26.2 Å². The molecule has 0 bridgehead atoms. The molecule has 1 aliphatic heterocycles. The Morgan fingerprint density at radius 2 is 1.88 bits per heavy atom. The summed E-state index contributed by atoms with van der Waals surface area (Å²) in [4.78, 5) is 28.2. The zero-order chi connectivity index (χ0) is 18.6. The SMILES string of the molecule is CC1CN(C(=O)OC(C)(C)C)CCN1CC(=O)Nc1ccc(Br)cc1. The molecule has 1 aromatic carbocycles. The lowest BCUT2D eigenvalue weighted by Crippen LogP contribution is -2.55. The number of hydrogen-bond donors (Lipinski definition) is 1. The fraction of sp³-hybridized carbons (Fsp3) is 0.556. The number of anilines is 1. The highest BCUT2D eigenvalue weighted by atomic mass is 79.9. The Morgan fingerprint density at radius 1 is 1.24 bits per heavy atom. The summed E-state index contributed by atoms with van der Waals surface area (Å²) in [6, 6.07) is 7.57. The molecule has 0 aromatic heterocycles. The largest absolute Gasteiger partial charge is 0.444 e. The molecule has 25 heavy (non-hydrogen) atoms. The molecule has 1 unspecified atom stereocenters. The summed E-state index contributed by atoms with van der Waals surface area (Å²) in [5.74, 6) is -0.0557. The Bertz CT molecular complexity index is 613. The van der Waals surface area contributed by atoms with E-state index in [1.165, 1.54) is 0 Å². The second kappa shape index (κ2) is 8.19. The van der Waals surface area contributed by atoms with Crippen molar-refractivity contribution < 1.29 is 14.3 Å². The molecule has 0 saturated carbocycles. The van der Waals surface area contributed by atoms with E-state index in [4.69, 9.17) is 4.74 Å². The van der Waals surface area contributed by atoms with Gasteiger partial charge in [0.2, 0.25) is 5.91 Å². The van der Waals surface area contributed by atoms with Crippen LogP contribution in [0.1, 0.15) is 27.7 Å². The number of ether oxygens (including phenoxy) is 1. The minimum atomic E-state index is -0.498. The van der Waals surface area contributed by atoms with Crippen molar-refractivity contribution in [3.63, 3.8) is 0 Å². The lowest BCUT2D eigenvalue weighted by Gasteiger charge is -2.39. The van der Waals surface area contributed by atoms with Gasteiger partial charge in [0, 0.05) is 35.8 Å². The van der Waals surface area contributed by atoms with Gasteiger partial charge in [-0.25, -0.2) is 4.79 Å². The molecule has 2 rings (SSSR count). The molecule has 1 heterocycles. The first-order chi connectivity index (χ1) is 11.6. The summed E-state index contributed by atoms with van der Waals surface area (Å²) in [6.07, 6.45) is -0.293. The van der Waals surface area contributed by atoms with Crippen molar-refractivity contribution in [2.24, 2.45) is 0 Å². The fourth-order valence-electron chi connectivity index (χ4n) is 2.64. The minimum absolute atomic E-state index is 0.0557. The third-order valence-electron chi connectivity index (χ3n) is 3.89. The molecule has 1 aromatic rings. The first kappa shape index (κ1) is 19.7. The number of nitrogens with zero attached hydrogens (tertiary/aromatic N) is 2. The van der Waals surface area contributed by atoms with E-state index in [1.54, 1.807) is 4.90 Å². The molecule has 1 fully saturated rings. The van der Waals surface area contributed by atoms with E-state index in [2.05, 4.69) is 26.1 Å². The van der Waals surface area contributed by atoms with Crippen LogP contribution in [-0.4, -0.2) is 59.6 Å². The normalized spacial score (nSPS) is 18.8. The number of carbonyl (C=O) groups excluding carboxylic acids is 2. The molecular formula is C18H26BrN3O3. The van der Waals surface area contributed by atoms with Gasteiger partial charge in [-0.05, 0) is 52.0 Å². The molecule has 138 valence electrons. The van der Waals surface area contributed by atoms with Gasteiger partial charge in [0.15, 0.2) is 0 Å². The summed E-state index contributed by atoms with van der Waals surface area (Å²) < 4.78 is 6.39. The van der Waals surface area contributed by atoms with Crippen molar-refractivity contribution in [2.75, 3.05) is 31.5 Å². The third kappa shape index (κ3) is 6.32. The first-order valence-corrected chi connectivity index (χ1v) is 9.21. The Morgan fingerprint density at radius 3 is 2.44 bits per heavy atom. The van der Waals surface area contributed by atoms with Crippen LogP contribution in [0.4, 0.5) is 10.5 Å². The maximum Gasteiger partial charge on any atom is 0.410 e. The average molecular weight is 412 g/mol.